The Hall–Kier alpha value is -2.06. The minimum Gasteiger partial charge on any atom is -0.457 e. The molecule has 0 unspecified atom stereocenters. The fourth-order valence-corrected chi connectivity index (χ4v) is 3.92. The van der Waals surface area contributed by atoms with Gasteiger partial charge in [-0.25, -0.2) is 0 Å². The van der Waals surface area contributed by atoms with Gasteiger partial charge in [-0.3, -0.25) is 19.4 Å². The van der Waals surface area contributed by atoms with Crippen LogP contribution in [0.25, 0.3) is 17.4 Å². The molecule has 2 aliphatic heterocycles. The average Bonchev–Trinajstić information content (AvgIpc) is 3.23. The minimum absolute atomic E-state index is 0.264. The van der Waals surface area contributed by atoms with E-state index in [0.717, 1.165) is 17.3 Å². The lowest BCUT2D eigenvalue weighted by molar-refractivity contribution is -0.125. The number of morpholine rings is 1. The summed E-state index contributed by atoms with van der Waals surface area (Å²) in [5, 5.41) is 0.356. The molecular formula is C19H17ClN2O4S. The summed E-state index contributed by atoms with van der Waals surface area (Å²) >= 11 is 6.95. The second-order valence-corrected chi connectivity index (χ2v) is 7.62. The number of carbonyl (C=O) groups is 2. The third-order valence-corrected chi connectivity index (χ3v) is 5.47. The number of hydrogen-bond acceptors (Lipinski definition) is 6. The molecule has 6 nitrogen and oxygen atoms in total. The van der Waals surface area contributed by atoms with Gasteiger partial charge in [0.25, 0.3) is 11.1 Å². The predicted molar refractivity (Wildman–Crippen MR) is 104 cm³/mol. The molecule has 1 aromatic heterocycles. The molecule has 140 valence electrons. The minimum atomic E-state index is -0.294. The van der Waals surface area contributed by atoms with Gasteiger partial charge >= 0.3 is 0 Å². The first-order valence-corrected chi connectivity index (χ1v) is 9.71. The Bertz CT molecular complexity index is 905. The number of benzene rings is 1. The maximum atomic E-state index is 12.6. The standard InChI is InChI=1S/C19H17ClN2O4S/c20-14-3-1-2-13(10-14)16-5-4-15(26-16)11-17-18(23)22(19(24)27-17)12-21-6-8-25-9-7-21/h1-5,10-11H,6-9,12H2/b17-11+. The van der Waals surface area contributed by atoms with E-state index < -0.39 is 0 Å². The van der Waals surface area contributed by atoms with Gasteiger partial charge in [0.05, 0.1) is 24.8 Å². The van der Waals surface area contributed by atoms with E-state index in [2.05, 4.69) is 0 Å². The van der Waals surface area contributed by atoms with Crippen LogP contribution in [0.3, 0.4) is 0 Å². The number of carbonyl (C=O) groups excluding carboxylic acids is 2. The molecule has 2 fully saturated rings. The monoisotopic (exact) mass is 404 g/mol. The van der Waals surface area contributed by atoms with Crippen LogP contribution in [0, 0.1) is 0 Å². The molecule has 27 heavy (non-hydrogen) atoms. The van der Waals surface area contributed by atoms with Crippen molar-refractivity contribution in [1.29, 1.82) is 0 Å². The maximum absolute atomic E-state index is 12.6. The van der Waals surface area contributed by atoms with Gasteiger partial charge in [-0.15, -0.1) is 0 Å². The molecule has 0 radical (unpaired) electrons. The van der Waals surface area contributed by atoms with Crippen molar-refractivity contribution in [3.8, 4) is 11.3 Å². The summed E-state index contributed by atoms with van der Waals surface area (Å²) in [6, 6.07) is 10.9. The second kappa shape index (κ2) is 7.90. The van der Waals surface area contributed by atoms with Gasteiger partial charge in [0.15, 0.2) is 0 Å². The van der Waals surface area contributed by atoms with E-state index in [0.29, 0.717) is 47.8 Å². The van der Waals surface area contributed by atoms with Gasteiger partial charge in [-0.05, 0) is 36.0 Å². The Labute approximate surface area is 165 Å². The van der Waals surface area contributed by atoms with Crippen molar-refractivity contribution in [3.63, 3.8) is 0 Å². The third kappa shape index (κ3) is 4.11. The highest BCUT2D eigenvalue weighted by atomic mass is 35.5. The van der Waals surface area contributed by atoms with Crippen LogP contribution in [0.2, 0.25) is 5.02 Å². The molecule has 1 aromatic carbocycles. The van der Waals surface area contributed by atoms with Crippen molar-refractivity contribution in [2.75, 3.05) is 33.0 Å². The summed E-state index contributed by atoms with van der Waals surface area (Å²) < 4.78 is 11.1. The molecular weight excluding hydrogens is 388 g/mol. The first-order chi connectivity index (χ1) is 13.1. The zero-order valence-electron chi connectivity index (χ0n) is 14.4. The maximum Gasteiger partial charge on any atom is 0.294 e. The number of furan rings is 1. The van der Waals surface area contributed by atoms with Crippen LogP contribution in [-0.4, -0.2) is 53.9 Å². The average molecular weight is 405 g/mol. The van der Waals surface area contributed by atoms with Gasteiger partial charge in [-0.2, -0.15) is 0 Å². The SMILES string of the molecule is O=C1S/C(=C/c2ccc(-c3cccc(Cl)c3)o2)C(=O)N1CN1CCOCC1. The van der Waals surface area contributed by atoms with E-state index in [-0.39, 0.29) is 17.8 Å². The summed E-state index contributed by atoms with van der Waals surface area (Å²) in [4.78, 5) is 28.5. The quantitative estimate of drug-likeness (QED) is 0.719. The molecule has 2 aliphatic rings. The Morgan fingerprint density at radius 1 is 1.15 bits per heavy atom. The number of amides is 2. The molecule has 0 spiro atoms. The highest BCUT2D eigenvalue weighted by molar-refractivity contribution is 8.18. The topological polar surface area (TPSA) is 63.0 Å². The summed E-state index contributed by atoms with van der Waals surface area (Å²) in [5.41, 5.74) is 0.850. The fourth-order valence-electron chi connectivity index (χ4n) is 2.92. The Morgan fingerprint density at radius 3 is 2.74 bits per heavy atom. The third-order valence-electron chi connectivity index (χ3n) is 4.33. The van der Waals surface area contributed by atoms with Crippen molar-refractivity contribution in [3.05, 3.63) is 52.1 Å². The van der Waals surface area contributed by atoms with Gasteiger partial charge in [-0.1, -0.05) is 23.7 Å². The largest absolute Gasteiger partial charge is 0.457 e. The van der Waals surface area contributed by atoms with E-state index in [1.165, 1.54) is 4.90 Å². The molecule has 2 amide bonds. The molecule has 0 aliphatic carbocycles. The van der Waals surface area contributed by atoms with Crippen molar-refractivity contribution in [1.82, 2.24) is 9.80 Å². The van der Waals surface area contributed by atoms with E-state index in [1.54, 1.807) is 24.3 Å². The van der Waals surface area contributed by atoms with E-state index in [4.69, 9.17) is 20.8 Å². The van der Waals surface area contributed by atoms with Crippen molar-refractivity contribution in [2.24, 2.45) is 0 Å². The highest BCUT2D eigenvalue weighted by Crippen LogP contribution is 2.33. The van der Waals surface area contributed by atoms with Crippen LogP contribution in [0.1, 0.15) is 5.76 Å². The predicted octanol–water partition coefficient (Wildman–Crippen LogP) is 3.93. The molecule has 0 bridgehead atoms. The number of halogens is 1. The lowest BCUT2D eigenvalue weighted by Gasteiger charge is -2.29. The fraction of sp³-hybridized carbons (Fsp3) is 0.263. The van der Waals surface area contributed by atoms with E-state index in [1.807, 2.05) is 23.1 Å². The van der Waals surface area contributed by atoms with Gasteiger partial charge in [0.2, 0.25) is 0 Å². The van der Waals surface area contributed by atoms with Crippen molar-refractivity contribution < 1.29 is 18.7 Å². The summed E-state index contributed by atoms with van der Waals surface area (Å²) in [6.07, 6.45) is 1.61. The number of imide groups is 1. The first kappa shape index (κ1) is 18.3. The van der Waals surface area contributed by atoms with E-state index in [9.17, 15) is 9.59 Å². The van der Waals surface area contributed by atoms with Crippen molar-refractivity contribution >= 4 is 40.6 Å². The summed E-state index contributed by atoms with van der Waals surface area (Å²) in [6.45, 7) is 2.94. The molecule has 3 heterocycles. The number of nitrogens with zero attached hydrogens (tertiary/aromatic N) is 2. The first-order valence-electron chi connectivity index (χ1n) is 8.51. The number of hydrogen-bond donors (Lipinski definition) is 0. The molecule has 0 atom stereocenters. The lowest BCUT2D eigenvalue weighted by Crippen LogP contribution is -2.45. The number of ether oxygens (including phenoxy) is 1. The summed E-state index contributed by atoms with van der Waals surface area (Å²) in [7, 11) is 0. The van der Waals surface area contributed by atoms with Crippen LogP contribution in [0.5, 0.6) is 0 Å². The van der Waals surface area contributed by atoms with Crippen LogP contribution in [0.4, 0.5) is 4.79 Å². The van der Waals surface area contributed by atoms with E-state index >= 15 is 0 Å². The van der Waals surface area contributed by atoms with Gasteiger partial charge in [0, 0.05) is 29.8 Å². The zero-order valence-corrected chi connectivity index (χ0v) is 16.0. The van der Waals surface area contributed by atoms with Crippen molar-refractivity contribution in [2.45, 2.75) is 0 Å². The van der Waals surface area contributed by atoms with Crippen LogP contribution in [-0.2, 0) is 9.53 Å². The molecule has 8 heteroatoms. The molecule has 2 saturated heterocycles. The second-order valence-electron chi connectivity index (χ2n) is 6.19. The molecule has 2 aromatic rings. The Morgan fingerprint density at radius 2 is 1.96 bits per heavy atom. The smallest absolute Gasteiger partial charge is 0.294 e. The van der Waals surface area contributed by atoms with Crippen LogP contribution < -0.4 is 0 Å². The number of thioether (sulfide) groups is 1. The molecule has 4 rings (SSSR count). The Kier molecular flexibility index (Phi) is 5.36. The molecule has 0 N–H and O–H groups in total. The lowest BCUT2D eigenvalue weighted by atomic mass is 10.2. The van der Waals surface area contributed by atoms with Crippen LogP contribution >= 0.6 is 23.4 Å². The van der Waals surface area contributed by atoms with Gasteiger partial charge < -0.3 is 9.15 Å². The normalized spacial score (nSPS) is 20.0. The number of rotatable bonds is 4. The Balaban J connectivity index is 1.49. The summed E-state index contributed by atoms with van der Waals surface area (Å²) in [5.74, 6) is 0.871. The van der Waals surface area contributed by atoms with Crippen LogP contribution in [0.15, 0.2) is 45.7 Å². The highest BCUT2D eigenvalue weighted by Gasteiger charge is 2.36. The van der Waals surface area contributed by atoms with Gasteiger partial charge in [0.1, 0.15) is 11.5 Å². The molecule has 0 saturated carbocycles. The zero-order chi connectivity index (χ0) is 18.8.